The highest BCUT2D eigenvalue weighted by atomic mass is 16.7. The molecule has 22 heavy (non-hydrogen) atoms. The molecule has 0 amide bonds. The van der Waals surface area contributed by atoms with Crippen LogP contribution in [0.15, 0.2) is 24.3 Å². The maximum atomic E-state index is 11.7. The Bertz CT molecular complexity index is 559. The summed E-state index contributed by atoms with van der Waals surface area (Å²) in [5.41, 5.74) is -0.0753. The summed E-state index contributed by atoms with van der Waals surface area (Å²) in [4.78, 5) is 21.7. The van der Waals surface area contributed by atoms with Crippen molar-refractivity contribution in [3.8, 4) is 5.75 Å². The van der Waals surface area contributed by atoms with E-state index in [0.29, 0.717) is 13.0 Å². The van der Waals surface area contributed by atoms with Gasteiger partial charge in [-0.25, -0.2) is 4.79 Å². The molecule has 0 radical (unpaired) electrons. The molecule has 118 valence electrons. The molecule has 8 heteroatoms. The van der Waals surface area contributed by atoms with E-state index in [9.17, 15) is 14.9 Å². The van der Waals surface area contributed by atoms with Gasteiger partial charge in [0.1, 0.15) is 11.9 Å². The van der Waals surface area contributed by atoms with Crippen LogP contribution >= 0.6 is 0 Å². The van der Waals surface area contributed by atoms with Crippen molar-refractivity contribution in [3.63, 3.8) is 0 Å². The van der Waals surface area contributed by atoms with Crippen molar-refractivity contribution in [2.24, 2.45) is 5.92 Å². The Morgan fingerprint density at radius 2 is 2.05 bits per heavy atom. The van der Waals surface area contributed by atoms with Crippen LogP contribution in [0.3, 0.4) is 0 Å². The number of carbonyl (C=O) groups is 1. The summed E-state index contributed by atoms with van der Waals surface area (Å²) < 4.78 is 21.1. The number of nitrogens with zero attached hydrogens (tertiary/aromatic N) is 1. The predicted octanol–water partition coefficient (Wildman–Crippen LogP) is 2.26. The SMILES string of the molecule is O=C(Oc1ccc([N+](=O)[O-])cc1)O[C@H]1CO[C@H]2OCC[C@H]2C1. The van der Waals surface area contributed by atoms with Crippen LogP contribution in [-0.4, -0.2) is 36.7 Å². The lowest BCUT2D eigenvalue weighted by molar-refractivity contribution is -0.384. The van der Waals surface area contributed by atoms with Crippen LogP contribution in [0.25, 0.3) is 0 Å². The van der Waals surface area contributed by atoms with E-state index in [1.165, 1.54) is 24.3 Å². The van der Waals surface area contributed by atoms with Crippen LogP contribution in [0.4, 0.5) is 10.5 Å². The number of fused-ring (bicyclic) bond motifs is 1. The number of benzene rings is 1. The highest BCUT2D eigenvalue weighted by Crippen LogP contribution is 2.31. The second kappa shape index (κ2) is 6.29. The van der Waals surface area contributed by atoms with Crippen LogP contribution in [0.5, 0.6) is 5.75 Å². The van der Waals surface area contributed by atoms with E-state index in [-0.39, 0.29) is 36.4 Å². The summed E-state index contributed by atoms with van der Waals surface area (Å²) in [6, 6.07) is 5.20. The molecule has 2 aliphatic rings. The lowest BCUT2D eigenvalue weighted by atomic mass is 9.97. The average molecular weight is 309 g/mol. The number of nitro benzene ring substituents is 1. The molecule has 0 N–H and O–H groups in total. The molecular formula is C14H15NO7. The Balaban J connectivity index is 1.50. The van der Waals surface area contributed by atoms with Gasteiger partial charge in [-0.15, -0.1) is 0 Å². The van der Waals surface area contributed by atoms with Gasteiger partial charge in [-0.2, -0.15) is 0 Å². The fourth-order valence-electron chi connectivity index (χ4n) is 2.60. The van der Waals surface area contributed by atoms with Gasteiger partial charge in [-0.05, 0) is 25.0 Å². The second-order valence-corrected chi connectivity index (χ2v) is 5.20. The van der Waals surface area contributed by atoms with Crippen molar-refractivity contribution < 1.29 is 28.7 Å². The number of hydrogen-bond acceptors (Lipinski definition) is 7. The van der Waals surface area contributed by atoms with Gasteiger partial charge in [0.05, 0.1) is 18.1 Å². The number of ether oxygens (including phenoxy) is 4. The van der Waals surface area contributed by atoms with Gasteiger partial charge in [0.2, 0.25) is 0 Å². The molecule has 2 aliphatic heterocycles. The molecule has 0 aromatic heterocycles. The Kier molecular flexibility index (Phi) is 4.21. The average Bonchev–Trinajstić information content (AvgIpc) is 2.95. The molecule has 1 aromatic carbocycles. The summed E-state index contributed by atoms with van der Waals surface area (Å²) in [6.07, 6.45) is 0.168. The number of carbonyl (C=O) groups excluding carboxylic acids is 1. The van der Waals surface area contributed by atoms with Crippen molar-refractivity contribution in [1.29, 1.82) is 0 Å². The number of nitro groups is 1. The molecule has 0 saturated carbocycles. The monoisotopic (exact) mass is 309 g/mol. The van der Waals surface area contributed by atoms with Crippen molar-refractivity contribution in [3.05, 3.63) is 34.4 Å². The van der Waals surface area contributed by atoms with Crippen molar-refractivity contribution in [1.82, 2.24) is 0 Å². The second-order valence-electron chi connectivity index (χ2n) is 5.20. The van der Waals surface area contributed by atoms with Crippen LogP contribution in [0, 0.1) is 16.0 Å². The van der Waals surface area contributed by atoms with Gasteiger partial charge in [0, 0.05) is 18.1 Å². The van der Waals surface area contributed by atoms with Gasteiger partial charge >= 0.3 is 6.16 Å². The summed E-state index contributed by atoms with van der Waals surface area (Å²) in [7, 11) is 0. The third-order valence-corrected chi connectivity index (χ3v) is 3.68. The van der Waals surface area contributed by atoms with Crippen LogP contribution in [0.2, 0.25) is 0 Å². The molecule has 2 saturated heterocycles. The summed E-state index contributed by atoms with van der Waals surface area (Å²) in [6.45, 7) is 0.936. The predicted molar refractivity (Wildman–Crippen MR) is 72.4 cm³/mol. The minimum absolute atomic E-state index is 0.0753. The normalized spacial score (nSPS) is 27.0. The highest BCUT2D eigenvalue weighted by Gasteiger charge is 2.37. The molecule has 0 aliphatic carbocycles. The van der Waals surface area contributed by atoms with E-state index in [1.54, 1.807) is 0 Å². The first-order valence-electron chi connectivity index (χ1n) is 6.98. The van der Waals surface area contributed by atoms with Crippen LogP contribution in [0.1, 0.15) is 12.8 Å². The van der Waals surface area contributed by atoms with Gasteiger partial charge in [0.15, 0.2) is 6.29 Å². The van der Waals surface area contributed by atoms with Gasteiger partial charge < -0.3 is 18.9 Å². The van der Waals surface area contributed by atoms with Gasteiger partial charge in [-0.3, -0.25) is 10.1 Å². The Labute approximate surface area is 126 Å². The lowest BCUT2D eigenvalue weighted by Crippen LogP contribution is -2.38. The summed E-state index contributed by atoms with van der Waals surface area (Å²) in [5.74, 6) is 0.431. The third kappa shape index (κ3) is 3.34. The summed E-state index contributed by atoms with van der Waals surface area (Å²) >= 11 is 0. The molecule has 3 atom stereocenters. The Hall–Kier alpha value is -2.19. The van der Waals surface area contributed by atoms with E-state index in [0.717, 1.165) is 6.42 Å². The number of rotatable bonds is 3. The minimum Gasteiger partial charge on any atom is -0.428 e. The van der Waals surface area contributed by atoms with Crippen molar-refractivity contribution in [2.45, 2.75) is 25.2 Å². The van der Waals surface area contributed by atoms with E-state index < -0.39 is 11.1 Å². The molecule has 2 fully saturated rings. The first kappa shape index (κ1) is 14.7. The Morgan fingerprint density at radius 3 is 2.77 bits per heavy atom. The zero-order valence-electron chi connectivity index (χ0n) is 11.7. The van der Waals surface area contributed by atoms with E-state index in [1.807, 2.05) is 0 Å². The zero-order valence-corrected chi connectivity index (χ0v) is 11.7. The van der Waals surface area contributed by atoms with Crippen LogP contribution < -0.4 is 4.74 Å². The zero-order chi connectivity index (χ0) is 15.5. The number of hydrogen-bond donors (Lipinski definition) is 0. The fourth-order valence-corrected chi connectivity index (χ4v) is 2.60. The molecule has 0 unspecified atom stereocenters. The smallest absolute Gasteiger partial charge is 0.428 e. The molecular weight excluding hydrogens is 294 g/mol. The molecule has 8 nitrogen and oxygen atoms in total. The van der Waals surface area contributed by atoms with Crippen molar-refractivity contribution >= 4 is 11.8 Å². The van der Waals surface area contributed by atoms with E-state index >= 15 is 0 Å². The first-order valence-corrected chi connectivity index (χ1v) is 6.98. The maximum absolute atomic E-state index is 11.7. The van der Waals surface area contributed by atoms with Crippen LogP contribution in [-0.2, 0) is 14.2 Å². The summed E-state index contributed by atoms with van der Waals surface area (Å²) in [5, 5.41) is 10.5. The quantitative estimate of drug-likeness (QED) is 0.365. The van der Waals surface area contributed by atoms with E-state index in [2.05, 4.69) is 0 Å². The number of non-ortho nitro benzene ring substituents is 1. The fraction of sp³-hybridized carbons (Fsp3) is 0.500. The first-order chi connectivity index (χ1) is 10.6. The van der Waals surface area contributed by atoms with Gasteiger partial charge in [0.25, 0.3) is 5.69 Å². The minimum atomic E-state index is -0.847. The largest absolute Gasteiger partial charge is 0.514 e. The molecule has 0 bridgehead atoms. The molecule has 0 spiro atoms. The molecule has 2 heterocycles. The topological polar surface area (TPSA) is 97.1 Å². The van der Waals surface area contributed by atoms with E-state index in [4.69, 9.17) is 18.9 Å². The lowest BCUT2D eigenvalue weighted by Gasteiger charge is -2.30. The van der Waals surface area contributed by atoms with Gasteiger partial charge in [-0.1, -0.05) is 0 Å². The Morgan fingerprint density at radius 1 is 1.27 bits per heavy atom. The molecule has 3 rings (SSSR count). The third-order valence-electron chi connectivity index (χ3n) is 3.68. The standard InChI is InChI=1S/C14H15NO7/c16-14(21-11-3-1-10(2-4-11)15(17)18)22-12-7-9-5-6-19-13(9)20-8-12/h1-4,9,12-13H,5-8H2/t9-,12+,13+/m0/s1. The maximum Gasteiger partial charge on any atom is 0.514 e. The molecule has 1 aromatic rings. The highest BCUT2D eigenvalue weighted by molar-refractivity contribution is 5.64. The van der Waals surface area contributed by atoms with Crippen molar-refractivity contribution in [2.75, 3.05) is 13.2 Å².